The van der Waals surface area contributed by atoms with Gasteiger partial charge in [0, 0.05) is 25.7 Å². The fraction of sp³-hybridized carbons (Fsp3) is 0.381. The SMILES string of the molecule is NC[C@H]1CCCN1S(=O)(=O)c1ccc(CC(=O)NCc2ccc(C(F)(F)F)cc2)cc1F. The zero-order valence-electron chi connectivity index (χ0n) is 17.0. The van der Waals surface area contributed by atoms with Crippen LogP contribution in [0.1, 0.15) is 29.5 Å². The van der Waals surface area contributed by atoms with Crippen molar-refractivity contribution in [1.29, 1.82) is 0 Å². The van der Waals surface area contributed by atoms with Crippen LogP contribution in [0.15, 0.2) is 47.4 Å². The number of nitrogens with one attached hydrogen (secondary N) is 1. The van der Waals surface area contributed by atoms with E-state index >= 15 is 0 Å². The highest BCUT2D eigenvalue weighted by atomic mass is 32.2. The van der Waals surface area contributed by atoms with Gasteiger partial charge in [-0.3, -0.25) is 4.79 Å². The van der Waals surface area contributed by atoms with E-state index in [1.165, 1.54) is 22.5 Å². The maximum Gasteiger partial charge on any atom is 0.416 e. The number of hydrogen-bond donors (Lipinski definition) is 2. The molecule has 2 aromatic carbocycles. The molecule has 0 saturated carbocycles. The normalized spacial score (nSPS) is 17.5. The fourth-order valence-corrected chi connectivity index (χ4v) is 5.36. The first-order valence-electron chi connectivity index (χ1n) is 9.95. The summed E-state index contributed by atoms with van der Waals surface area (Å²) in [6.45, 7) is 0.428. The van der Waals surface area contributed by atoms with Gasteiger partial charge in [0.25, 0.3) is 0 Å². The molecule has 1 saturated heterocycles. The van der Waals surface area contributed by atoms with Crippen molar-refractivity contribution in [3.8, 4) is 0 Å². The van der Waals surface area contributed by atoms with Crippen molar-refractivity contribution in [2.45, 2.75) is 42.9 Å². The quantitative estimate of drug-likeness (QED) is 0.605. The van der Waals surface area contributed by atoms with Crippen LogP contribution in [0.25, 0.3) is 0 Å². The molecule has 6 nitrogen and oxygen atoms in total. The van der Waals surface area contributed by atoms with E-state index in [4.69, 9.17) is 5.73 Å². The Morgan fingerprint density at radius 2 is 1.78 bits per heavy atom. The molecular formula is C21H23F4N3O3S. The fourth-order valence-electron chi connectivity index (χ4n) is 3.61. The Morgan fingerprint density at radius 1 is 1.12 bits per heavy atom. The number of amides is 1. The summed E-state index contributed by atoms with van der Waals surface area (Å²) in [4.78, 5) is 11.7. The first kappa shape index (κ1) is 24.1. The van der Waals surface area contributed by atoms with Crippen LogP contribution < -0.4 is 11.1 Å². The van der Waals surface area contributed by atoms with Crippen molar-refractivity contribution in [2.24, 2.45) is 5.73 Å². The van der Waals surface area contributed by atoms with Crippen LogP contribution in [-0.4, -0.2) is 37.8 Å². The zero-order valence-corrected chi connectivity index (χ0v) is 17.8. The van der Waals surface area contributed by atoms with Gasteiger partial charge in [0.2, 0.25) is 15.9 Å². The second-order valence-electron chi connectivity index (χ2n) is 7.56. The van der Waals surface area contributed by atoms with Crippen LogP contribution in [0, 0.1) is 5.82 Å². The molecule has 1 amide bonds. The number of halogens is 4. The molecular weight excluding hydrogens is 450 g/mol. The number of carbonyl (C=O) groups is 1. The standard InChI is InChI=1S/C21H23F4N3O3S/c22-18-10-15(5-8-19(18)32(30,31)28-9-1-2-17(28)12-26)11-20(29)27-13-14-3-6-16(7-4-14)21(23,24)25/h3-8,10,17H,1-2,9,11-13,26H2,(H,27,29)/t17-/m1/s1. The maximum atomic E-state index is 14.6. The minimum Gasteiger partial charge on any atom is -0.352 e. The third-order valence-corrected chi connectivity index (χ3v) is 7.30. The van der Waals surface area contributed by atoms with Crippen molar-refractivity contribution in [1.82, 2.24) is 9.62 Å². The van der Waals surface area contributed by atoms with E-state index < -0.39 is 38.4 Å². The summed E-state index contributed by atoms with van der Waals surface area (Å²) >= 11 is 0. The molecule has 1 atom stereocenters. The van der Waals surface area contributed by atoms with Gasteiger partial charge in [-0.1, -0.05) is 18.2 Å². The summed E-state index contributed by atoms with van der Waals surface area (Å²) < 4.78 is 79.2. The highest BCUT2D eigenvalue weighted by Gasteiger charge is 2.36. The van der Waals surface area contributed by atoms with Gasteiger partial charge >= 0.3 is 6.18 Å². The number of hydrogen-bond acceptors (Lipinski definition) is 4. The summed E-state index contributed by atoms with van der Waals surface area (Å²) in [5.41, 5.74) is 5.57. The Morgan fingerprint density at radius 3 is 2.38 bits per heavy atom. The van der Waals surface area contributed by atoms with Gasteiger partial charge in [0.1, 0.15) is 10.7 Å². The van der Waals surface area contributed by atoms with Gasteiger partial charge in [0.15, 0.2) is 0 Å². The number of rotatable bonds is 7. The molecule has 1 fully saturated rings. The average molecular weight is 473 g/mol. The number of nitrogens with two attached hydrogens (primary N) is 1. The van der Waals surface area contributed by atoms with E-state index in [0.717, 1.165) is 24.3 Å². The van der Waals surface area contributed by atoms with Crippen LogP contribution in [0.4, 0.5) is 17.6 Å². The number of sulfonamides is 1. The molecule has 3 N–H and O–H groups in total. The van der Waals surface area contributed by atoms with Crippen molar-refractivity contribution in [3.63, 3.8) is 0 Å². The highest BCUT2D eigenvalue weighted by molar-refractivity contribution is 7.89. The lowest BCUT2D eigenvalue weighted by molar-refractivity contribution is -0.137. The van der Waals surface area contributed by atoms with Crippen LogP contribution in [0.3, 0.4) is 0 Å². The van der Waals surface area contributed by atoms with Crippen molar-refractivity contribution < 1.29 is 30.8 Å². The van der Waals surface area contributed by atoms with Crippen LogP contribution in [0.5, 0.6) is 0 Å². The maximum absolute atomic E-state index is 14.6. The summed E-state index contributed by atoms with van der Waals surface area (Å²) in [6, 6.07) is 7.49. The summed E-state index contributed by atoms with van der Waals surface area (Å²) in [7, 11) is -4.04. The number of alkyl halides is 3. The molecule has 0 spiro atoms. The number of nitrogens with zero attached hydrogens (tertiary/aromatic N) is 1. The van der Waals surface area contributed by atoms with Crippen LogP contribution in [-0.2, 0) is 34.0 Å². The Hall–Kier alpha value is -2.50. The minimum atomic E-state index is -4.44. The Balaban J connectivity index is 1.62. The Bertz CT molecular complexity index is 1070. The van der Waals surface area contributed by atoms with Gasteiger partial charge in [0.05, 0.1) is 12.0 Å². The van der Waals surface area contributed by atoms with Crippen LogP contribution in [0.2, 0.25) is 0 Å². The molecule has 0 unspecified atom stereocenters. The predicted octanol–water partition coefficient (Wildman–Crippen LogP) is 2.82. The Labute approximate surface area is 183 Å². The summed E-state index contributed by atoms with van der Waals surface area (Å²) in [6.07, 6.45) is -3.38. The van der Waals surface area contributed by atoms with Gasteiger partial charge in [-0.2, -0.15) is 17.5 Å². The van der Waals surface area contributed by atoms with Crippen molar-refractivity contribution >= 4 is 15.9 Å². The third-order valence-electron chi connectivity index (χ3n) is 5.31. The molecule has 2 aromatic rings. The van der Waals surface area contributed by atoms with E-state index in [9.17, 15) is 30.8 Å². The summed E-state index contributed by atoms with van der Waals surface area (Å²) in [5, 5.41) is 2.55. The van der Waals surface area contributed by atoms with Gasteiger partial charge < -0.3 is 11.1 Å². The number of benzene rings is 2. The predicted molar refractivity (Wildman–Crippen MR) is 109 cm³/mol. The molecule has 0 aromatic heterocycles. The molecule has 0 bridgehead atoms. The van der Waals surface area contributed by atoms with E-state index in [-0.39, 0.29) is 37.7 Å². The highest BCUT2D eigenvalue weighted by Crippen LogP contribution is 2.29. The molecule has 0 radical (unpaired) electrons. The first-order chi connectivity index (χ1) is 15.0. The lowest BCUT2D eigenvalue weighted by Gasteiger charge is -2.23. The Kier molecular flexibility index (Phi) is 7.21. The van der Waals surface area contributed by atoms with Gasteiger partial charge in [-0.25, -0.2) is 12.8 Å². The molecule has 3 rings (SSSR count). The van der Waals surface area contributed by atoms with Crippen molar-refractivity contribution in [3.05, 3.63) is 65.0 Å². The zero-order chi connectivity index (χ0) is 23.5. The summed E-state index contributed by atoms with van der Waals surface area (Å²) in [5.74, 6) is -1.44. The van der Waals surface area contributed by atoms with Gasteiger partial charge in [-0.15, -0.1) is 0 Å². The van der Waals surface area contributed by atoms with Crippen molar-refractivity contribution in [2.75, 3.05) is 13.1 Å². The molecule has 11 heteroatoms. The van der Waals surface area contributed by atoms with E-state index in [1.807, 2.05) is 0 Å². The molecule has 0 aliphatic carbocycles. The first-order valence-corrected chi connectivity index (χ1v) is 11.4. The molecule has 1 aliphatic rings. The van der Waals surface area contributed by atoms with Crippen LogP contribution >= 0.6 is 0 Å². The average Bonchev–Trinajstić information content (AvgIpc) is 3.22. The lowest BCUT2D eigenvalue weighted by Crippen LogP contribution is -2.40. The number of carbonyl (C=O) groups excluding carboxylic acids is 1. The third kappa shape index (κ3) is 5.45. The second kappa shape index (κ2) is 9.55. The van der Waals surface area contributed by atoms with E-state index in [2.05, 4.69) is 5.32 Å². The van der Waals surface area contributed by atoms with E-state index in [0.29, 0.717) is 18.4 Å². The molecule has 32 heavy (non-hydrogen) atoms. The van der Waals surface area contributed by atoms with Gasteiger partial charge in [-0.05, 0) is 48.2 Å². The molecule has 1 heterocycles. The largest absolute Gasteiger partial charge is 0.416 e. The second-order valence-corrected chi connectivity index (χ2v) is 9.42. The lowest BCUT2D eigenvalue weighted by atomic mass is 10.1. The minimum absolute atomic E-state index is 0.00134. The topological polar surface area (TPSA) is 92.5 Å². The molecule has 1 aliphatic heterocycles. The van der Waals surface area contributed by atoms with E-state index in [1.54, 1.807) is 0 Å². The smallest absolute Gasteiger partial charge is 0.352 e. The monoisotopic (exact) mass is 473 g/mol. The molecule has 174 valence electrons.